The molecule has 0 bridgehead atoms. The average Bonchev–Trinajstić information content (AvgIpc) is 3.40. The van der Waals surface area contributed by atoms with Gasteiger partial charge in [-0.1, -0.05) is 49.4 Å². The number of pyridine rings is 1. The van der Waals surface area contributed by atoms with E-state index in [0.29, 0.717) is 12.2 Å². The molecule has 6 rings (SSSR count). The summed E-state index contributed by atoms with van der Waals surface area (Å²) < 4.78 is 40.4. The fraction of sp³-hybridized carbons (Fsp3) is 0.355. The first-order chi connectivity index (χ1) is 19.5. The molecule has 2 aliphatic heterocycles. The maximum Gasteiger partial charge on any atom is 0.406 e. The minimum atomic E-state index is -4.58. The van der Waals surface area contributed by atoms with E-state index in [-0.39, 0.29) is 23.8 Å². The van der Waals surface area contributed by atoms with Crippen molar-refractivity contribution in [1.29, 1.82) is 0 Å². The van der Waals surface area contributed by atoms with E-state index in [0.717, 1.165) is 27.2 Å². The van der Waals surface area contributed by atoms with Crippen LogP contribution in [0, 0.1) is 0 Å². The number of nitrogens with one attached hydrogen (secondary N) is 2. The highest BCUT2D eigenvalue weighted by atomic mass is 19.4. The topological polar surface area (TPSA) is 91.4 Å². The third kappa shape index (κ3) is 4.45. The normalized spacial score (nSPS) is 27.0. The molecule has 3 aliphatic rings. The van der Waals surface area contributed by atoms with Crippen LogP contribution in [0.5, 0.6) is 0 Å². The molecule has 41 heavy (non-hydrogen) atoms. The van der Waals surface area contributed by atoms with E-state index in [1.807, 2.05) is 37.3 Å². The minimum absolute atomic E-state index is 0.139. The second-order valence-electron chi connectivity index (χ2n) is 11.2. The third-order valence-electron chi connectivity index (χ3n) is 9.03. The van der Waals surface area contributed by atoms with Crippen LogP contribution in [-0.2, 0) is 21.4 Å². The van der Waals surface area contributed by atoms with Crippen molar-refractivity contribution in [2.75, 3.05) is 11.9 Å². The molecule has 0 radical (unpaired) electrons. The van der Waals surface area contributed by atoms with Crippen molar-refractivity contribution >= 4 is 23.5 Å². The number of halogens is 3. The van der Waals surface area contributed by atoms with E-state index in [9.17, 15) is 27.6 Å². The molecule has 1 saturated heterocycles. The summed E-state index contributed by atoms with van der Waals surface area (Å²) in [4.78, 5) is 45.0. The fourth-order valence-corrected chi connectivity index (χ4v) is 6.92. The molecule has 1 aliphatic carbocycles. The first-order valence-electron chi connectivity index (χ1n) is 13.6. The van der Waals surface area contributed by atoms with E-state index in [2.05, 4.69) is 15.6 Å². The predicted octanol–water partition coefficient (Wildman–Crippen LogP) is 4.70. The molecule has 1 spiro atoms. The van der Waals surface area contributed by atoms with Crippen molar-refractivity contribution < 1.29 is 27.6 Å². The van der Waals surface area contributed by atoms with Crippen molar-refractivity contribution in [1.82, 2.24) is 15.2 Å². The van der Waals surface area contributed by atoms with Crippen molar-refractivity contribution in [2.24, 2.45) is 0 Å². The zero-order valence-corrected chi connectivity index (χ0v) is 22.5. The van der Waals surface area contributed by atoms with Crippen LogP contribution in [-0.4, -0.2) is 52.4 Å². The number of likely N-dealkylation sites (tertiary alicyclic amines) is 1. The summed E-state index contributed by atoms with van der Waals surface area (Å²) in [6.07, 6.45) is -2.40. The standard InChI is InChI=1S/C31H29F3N4O3/c1-17-22-11-10-20(13-21(22)15-30(17)24-9-6-12-35-26(24)37-29(30)41)27(39)36-25-14-23(19-7-4-3-5-8-19)18(2)38(28(25)40)16-31(32,33)34/h3-13,17-18,23,25H,14-16H2,1-2H3,(H,36,39)(H,35,37,41)/t17-,18+,23+,25-,30+/m0/s1. The largest absolute Gasteiger partial charge is 0.406 e. The Kier molecular flexibility index (Phi) is 6.39. The van der Waals surface area contributed by atoms with Gasteiger partial charge in [0.2, 0.25) is 11.8 Å². The lowest BCUT2D eigenvalue weighted by Crippen LogP contribution is -2.59. The van der Waals surface area contributed by atoms with E-state index in [1.165, 1.54) is 0 Å². The highest BCUT2D eigenvalue weighted by molar-refractivity contribution is 6.07. The van der Waals surface area contributed by atoms with Gasteiger partial charge in [0.25, 0.3) is 5.91 Å². The lowest BCUT2D eigenvalue weighted by molar-refractivity contribution is -0.170. The first kappa shape index (κ1) is 27.0. The number of alkyl halides is 3. The molecule has 2 N–H and O–H groups in total. The van der Waals surface area contributed by atoms with Crippen LogP contribution in [0.2, 0.25) is 0 Å². The van der Waals surface area contributed by atoms with Gasteiger partial charge in [0.05, 0.1) is 5.41 Å². The summed E-state index contributed by atoms with van der Waals surface area (Å²) in [6.45, 7) is 2.21. The number of fused-ring (bicyclic) bond motifs is 3. The summed E-state index contributed by atoms with van der Waals surface area (Å²) in [6, 6.07) is 16.1. The summed E-state index contributed by atoms with van der Waals surface area (Å²) in [7, 11) is 0. The smallest absolute Gasteiger partial charge is 0.340 e. The molecule has 3 amide bonds. The molecular weight excluding hydrogens is 533 g/mol. The van der Waals surface area contributed by atoms with Gasteiger partial charge in [-0.2, -0.15) is 13.2 Å². The molecule has 5 atom stereocenters. The summed E-state index contributed by atoms with van der Waals surface area (Å²) in [5.41, 5.74) is 2.84. The molecule has 2 aromatic carbocycles. The van der Waals surface area contributed by atoms with Gasteiger partial charge in [-0.3, -0.25) is 14.4 Å². The van der Waals surface area contributed by atoms with Crippen molar-refractivity contribution in [3.63, 3.8) is 0 Å². The molecule has 1 fully saturated rings. The maximum atomic E-state index is 13.5. The van der Waals surface area contributed by atoms with Crippen LogP contribution in [0.15, 0.2) is 66.9 Å². The predicted molar refractivity (Wildman–Crippen MR) is 145 cm³/mol. The number of rotatable bonds is 4. The molecular formula is C31H29F3N4O3. The Hall–Kier alpha value is -4.21. The van der Waals surface area contributed by atoms with Gasteiger partial charge in [-0.05, 0) is 54.7 Å². The zero-order chi connectivity index (χ0) is 29.1. The molecule has 0 unspecified atom stereocenters. The van der Waals surface area contributed by atoms with Crippen LogP contribution >= 0.6 is 0 Å². The molecule has 0 saturated carbocycles. The Morgan fingerprint density at radius 1 is 1.10 bits per heavy atom. The highest BCUT2D eigenvalue weighted by Gasteiger charge is 2.55. The monoisotopic (exact) mass is 562 g/mol. The maximum absolute atomic E-state index is 13.5. The van der Waals surface area contributed by atoms with Gasteiger partial charge in [-0.15, -0.1) is 0 Å². The Morgan fingerprint density at radius 2 is 1.85 bits per heavy atom. The van der Waals surface area contributed by atoms with E-state index < -0.39 is 48.0 Å². The van der Waals surface area contributed by atoms with Crippen LogP contribution in [0.1, 0.15) is 64.7 Å². The first-order valence-corrected chi connectivity index (χ1v) is 13.6. The van der Waals surface area contributed by atoms with E-state index in [4.69, 9.17) is 0 Å². The number of hydrogen-bond acceptors (Lipinski definition) is 4. The van der Waals surface area contributed by atoms with Crippen molar-refractivity contribution in [3.8, 4) is 0 Å². The second kappa shape index (κ2) is 9.71. The molecule has 3 heterocycles. The quantitative estimate of drug-likeness (QED) is 0.483. The number of aromatic nitrogens is 1. The molecule has 10 heteroatoms. The Balaban J connectivity index is 1.27. The number of carbonyl (C=O) groups is 3. The number of piperidine rings is 1. The zero-order valence-electron chi connectivity index (χ0n) is 22.5. The number of carbonyl (C=O) groups excluding carboxylic acids is 3. The second-order valence-corrected chi connectivity index (χ2v) is 11.2. The van der Waals surface area contributed by atoms with Gasteiger partial charge < -0.3 is 15.5 Å². The lowest BCUT2D eigenvalue weighted by atomic mass is 9.73. The van der Waals surface area contributed by atoms with Gasteiger partial charge in [-0.25, -0.2) is 4.98 Å². The third-order valence-corrected chi connectivity index (χ3v) is 9.03. The molecule has 3 aromatic rings. The number of benzene rings is 2. The van der Waals surface area contributed by atoms with Crippen LogP contribution in [0.25, 0.3) is 0 Å². The van der Waals surface area contributed by atoms with Crippen LogP contribution < -0.4 is 10.6 Å². The number of amides is 3. The summed E-state index contributed by atoms with van der Waals surface area (Å²) in [5.74, 6) is -1.46. The number of hydrogen-bond donors (Lipinski definition) is 2. The number of anilines is 1. The number of nitrogens with zero attached hydrogens (tertiary/aromatic N) is 2. The highest BCUT2D eigenvalue weighted by Crippen LogP contribution is 2.53. The Morgan fingerprint density at radius 3 is 2.59 bits per heavy atom. The lowest BCUT2D eigenvalue weighted by Gasteiger charge is -2.43. The van der Waals surface area contributed by atoms with Gasteiger partial charge in [0, 0.05) is 35.2 Å². The Labute approximate surface area is 235 Å². The fourth-order valence-electron chi connectivity index (χ4n) is 6.92. The Bertz CT molecular complexity index is 1540. The van der Waals surface area contributed by atoms with E-state index in [1.54, 1.807) is 43.5 Å². The summed E-state index contributed by atoms with van der Waals surface area (Å²) >= 11 is 0. The van der Waals surface area contributed by atoms with Gasteiger partial charge in [0.15, 0.2) is 0 Å². The SMILES string of the molecule is C[C@@H]1[C@H](c2ccccc2)C[C@H](NC(=O)c2ccc3c(c2)C[C@@]2(C(=O)Nc4ncccc42)[C@H]3C)C(=O)N1CC(F)(F)F. The van der Waals surface area contributed by atoms with Crippen molar-refractivity contribution in [2.45, 2.75) is 62.2 Å². The van der Waals surface area contributed by atoms with Gasteiger partial charge >= 0.3 is 6.18 Å². The molecule has 212 valence electrons. The van der Waals surface area contributed by atoms with Crippen LogP contribution in [0.4, 0.5) is 19.0 Å². The van der Waals surface area contributed by atoms with E-state index >= 15 is 0 Å². The van der Waals surface area contributed by atoms with Crippen molar-refractivity contribution in [3.05, 3.63) is 94.7 Å². The van der Waals surface area contributed by atoms with Crippen LogP contribution in [0.3, 0.4) is 0 Å². The minimum Gasteiger partial charge on any atom is -0.340 e. The van der Waals surface area contributed by atoms with Gasteiger partial charge in [0.1, 0.15) is 18.4 Å². The average molecular weight is 563 g/mol. The summed E-state index contributed by atoms with van der Waals surface area (Å²) in [5, 5.41) is 5.60. The molecule has 1 aromatic heterocycles. The molecule has 7 nitrogen and oxygen atoms in total.